The van der Waals surface area contributed by atoms with Crippen molar-refractivity contribution in [3.63, 3.8) is 0 Å². The van der Waals surface area contributed by atoms with Gasteiger partial charge in [-0.2, -0.15) is 0 Å². The van der Waals surface area contributed by atoms with E-state index in [1.807, 2.05) is 0 Å². The lowest BCUT2D eigenvalue weighted by molar-refractivity contribution is 0.215. The fourth-order valence-electron chi connectivity index (χ4n) is 3.96. The van der Waals surface area contributed by atoms with E-state index in [1.54, 1.807) is 0 Å². The fourth-order valence-corrected chi connectivity index (χ4v) is 3.96. The van der Waals surface area contributed by atoms with Crippen LogP contribution in [0.5, 0.6) is 0 Å². The zero-order valence-corrected chi connectivity index (χ0v) is 14.2. The van der Waals surface area contributed by atoms with Crippen LogP contribution in [0, 0.1) is 11.3 Å². The van der Waals surface area contributed by atoms with E-state index < -0.39 is 0 Å². The molecular formula is C20H33N. The van der Waals surface area contributed by atoms with E-state index in [0.29, 0.717) is 11.5 Å². The van der Waals surface area contributed by atoms with Crippen molar-refractivity contribution in [3.8, 4) is 0 Å². The Morgan fingerprint density at radius 2 is 1.71 bits per heavy atom. The molecule has 0 aromatic heterocycles. The van der Waals surface area contributed by atoms with Crippen molar-refractivity contribution in [1.29, 1.82) is 0 Å². The molecule has 1 aromatic rings. The first-order chi connectivity index (χ1) is 10.1. The van der Waals surface area contributed by atoms with Crippen LogP contribution >= 0.6 is 0 Å². The summed E-state index contributed by atoms with van der Waals surface area (Å²) in [4.78, 5) is 0. The van der Waals surface area contributed by atoms with E-state index in [4.69, 9.17) is 0 Å². The smallest absolute Gasteiger partial charge is 0.00421 e. The molecule has 1 nitrogen and oxygen atoms in total. The lowest BCUT2D eigenvalue weighted by atomic mass is 9.78. The molecule has 21 heavy (non-hydrogen) atoms. The normalized spacial score (nSPS) is 19.0. The van der Waals surface area contributed by atoms with E-state index in [9.17, 15) is 0 Å². The van der Waals surface area contributed by atoms with E-state index in [1.165, 1.54) is 57.1 Å². The van der Waals surface area contributed by atoms with Crippen molar-refractivity contribution < 1.29 is 0 Å². The molecule has 0 saturated heterocycles. The highest BCUT2D eigenvalue weighted by atomic mass is 14.9. The Morgan fingerprint density at radius 1 is 1.05 bits per heavy atom. The Kier molecular flexibility index (Phi) is 6.29. The fraction of sp³-hybridized carbons (Fsp3) is 0.700. The van der Waals surface area contributed by atoms with Gasteiger partial charge in [0.25, 0.3) is 0 Å². The number of benzene rings is 1. The summed E-state index contributed by atoms with van der Waals surface area (Å²) in [6, 6.07) is 11.5. The van der Waals surface area contributed by atoms with Crippen molar-refractivity contribution in [3.05, 3.63) is 35.9 Å². The molecule has 1 atom stereocenters. The summed E-state index contributed by atoms with van der Waals surface area (Å²) < 4.78 is 0. The highest BCUT2D eigenvalue weighted by Crippen LogP contribution is 2.42. The standard InChI is InChI=1S/C20H33N/c1-17(2)15-20(13-7-8-14-20)16-21-18(3)11-12-19-9-5-4-6-10-19/h4-6,9-10,17-18,21H,7-8,11-16H2,1-3H3. The van der Waals surface area contributed by atoms with Gasteiger partial charge in [0.1, 0.15) is 0 Å². The van der Waals surface area contributed by atoms with Gasteiger partial charge in [0.05, 0.1) is 0 Å². The van der Waals surface area contributed by atoms with Crippen molar-refractivity contribution in [1.82, 2.24) is 5.32 Å². The van der Waals surface area contributed by atoms with E-state index in [0.717, 1.165) is 5.92 Å². The third-order valence-corrected chi connectivity index (χ3v) is 5.04. The number of nitrogens with one attached hydrogen (secondary N) is 1. The average Bonchev–Trinajstić information content (AvgIpc) is 2.92. The summed E-state index contributed by atoms with van der Waals surface area (Å²) in [6.45, 7) is 8.32. The van der Waals surface area contributed by atoms with Crippen LogP contribution in [0.2, 0.25) is 0 Å². The molecule has 1 unspecified atom stereocenters. The Balaban J connectivity index is 1.75. The number of hydrogen-bond donors (Lipinski definition) is 1. The van der Waals surface area contributed by atoms with Crippen LogP contribution in [0.3, 0.4) is 0 Å². The lowest BCUT2D eigenvalue weighted by Gasteiger charge is -2.32. The third-order valence-electron chi connectivity index (χ3n) is 5.04. The molecule has 1 saturated carbocycles. The van der Waals surface area contributed by atoms with Crippen molar-refractivity contribution in [2.75, 3.05) is 6.54 Å². The topological polar surface area (TPSA) is 12.0 Å². The Labute approximate surface area is 131 Å². The molecule has 1 N–H and O–H groups in total. The Hall–Kier alpha value is -0.820. The van der Waals surface area contributed by atoms with Gasteiger partial charge >= 0.3 is 0 Å². The summed E-state index contributed by atoms with van der Waals surface area (Å²) in [7, 11) is 0. The minimum atomic E-state index is 0.592. The van der Waals surface area contributed by atoms with Gasteiger partial charge in [-0.15, -0.1) is 0 Å². The van der Waals surface area contributed by atoms with Crippen LogP contribution in [0.25, 0.3) is 0 Å². The molecule has 0 amide bonds. The van der Waals surface area contributed by atoms with Gasteiger partial charge in [-0.25, -0.2) is 0 Å². The molecule has 1 aliphatic rings. The first kappa shape index (κ1) is 16.5. The molecular weight excluding hydrogens is 254 g/mol. The maximum atomic E-state index is 3.84. The molecule has 0 heterocycles. The van der Waals surface area contributed by atoms with E-state index >= 15 is 0 Å². The van der Waals surface area contributed by atoms with Crippen LogP contribution < -0.4 is 5.32 Å². The Morgan fingerprint density at radius 3 is 2.33 bits per heavy atom. The van der Waals surface area contributed by atoms with Crippen LogP contribution in [0.1, 0.15) is 64.9 Å². The van der Waals surface area contributed by atoms with Gasteiger partial charge in [-0.1, -0.05) is 57.0 Å². The highest BCUT2D eigenvalue weighted by Gasteiger charge is 2.34. The number of hydrogen-bond acceptors (Lipinski definition) is 1. The monoisotopic (exact) mass is 287 g/mol. The first-order valence-corrected chi connectivity index (χ1v) is 8.87. The summed E-state index contributed by atoms with van der Waals surface area (Å²) in [5.41, 5.74) is 2.05. The summed E-state index contributed by atoms with van der Waals surface area (Å²) >= 11 is 0. The van der Waals surface area contributed by atoms with E-state index in [-0.39, 0.29) is 0 Å². The van der Waals surface area contributed by atoms with Gasteiger partial charge in [0.15, 0.2) is 0 Å². The van der Waals surface area contributed by atoms with E-state index in [2.05, 4.69) is 56.4 Å². The minimum Gasteiger partial charge on any atom is -0.314 e. The second kappa shape index (κ2) is 7.98. The predicted molar refractivity (Wildman–Crippen MR) is 92.6 cm³/mol. The molecule has 2 rings (SSSR count). The van der Waals surface area contributed by atoms with Gasteiger partial charge in [-0.05, 0) is 55.9 Å². The van der Waals surface area contributed by atoms with Crippen molar-refractivity contribution in [2.24, 2.45) is 11.3 Å². The lowest BCUT2D eigenvalue weighted by Crippen LogP contribution is -2.38. The molecule has 118 valence electrons. The molecule has 0 aliphatic heterocycles. The maximum Gasteiger partial charge on any atom is 0.00421 e. The SMILES string of the molecule is CC(C)CC1(CNC(C)CCc2ccccc2)CCCC1. The first-order valence-electron chi connectivity index (χ1n) is 8.87. The molecule has 0 spiro atoms. The molecule has 1 fully saturated rings. The summed E-state index contributed by atoms with van der Waals surface area (Å²) in [5.74, 6) is 0.824. The van der Waals surface area contributed by atoms with Crippen molar-refractivity contribution >= 4 is 0 Å². The van der Waals surface area contributed by atoms with Crippen LogP contribution in [0.4, 0.5) is 0 Å². The molecule has 1 heteroatoms. The molecule has 0 radical (unpaired) electrons. The second-order valence-corrected chi connectivity index (χ2v) is 7.61. The van der Waals surface area contributed by atoms with Crippen LogP contribution in [-0.2, 0) is 6.42 Å². The zero-order chi connectivity index (χ0) is 15.1. The molecule has 1 aromatic carbocycles. The van der Waals surface area contributed by atoms with Crippen LogP contribution in [-0.4, -0.2) is 12.6 Å². The summed E-state index contributed by atoms with van der Waals surface area (Å²) in [6.07, 6.45) is 9.56. The average molecular weight is 287 g/mol. The largest absolute Gasteiger partial charge is 0.314 e. The summed E-state index contributed by atoms with van der Waals surface area (Å²) in [5, 5.41) is 3.84. The zero-order valence-electron chi connectivity index (χ0n) is 14.2. The van der Waals surface area contributed by atoms with Gasteiger partial charge in [0, 0.05) is 12.6 Å². The minimum absolute atomic E-state index is 0.592. The molecule has 1 aliphatic carbocycles. The second-order valence-electron chi connectivity index (χ2n) is 7.61. The quantitative estimate of drug-likeness (QED) is 0.692. The highest BCUT2D eigenvalue weighted by molar-refractivity contribution is 5.14. The number of aryl methyl sites for hydroxylation is 1. The Bertz CT molecular complexity index is 390. The van der Waals surface area contributed by atoms with Gasteiger partial charge in [0.2, 0.25) is 0 Å². The van der Waals surface area contributed by atoms with Gasteiger partial charge in [-0.3, -0.25) is 0 Å². The predicted octanol–water partition coefficient (Wildman–Crippen LogP) is 5.20. The number of rotatable bonds is 8. The van der Waals surface area contributed by atoms with Gasteiger partial charge < -0.3 is 5.32 Å². The maximum absolute atomic E-state index is 3.84. The van der Waals surface area contributed by atoms with Crippen LogP contribution in [0.15, 0.2) is 30.3 Å². The third kappa shape index (κ3) is 5.47. The molecule has 0 bridgehead atoms. The van der Waals surface area contributed by atoms with Crippen molar-refractivity contribution in [2.45, 2.75) is 71.8 Å².